The molecule has 0 saturated carbocycles. The van der Waals surface area contributed by atoms with Gasteiger partial charge in [-0.2, -0.15) is 0 Å². The van der Waals surface area contributed by atoms with E-state index in [0.717, 1.165) is 6.07 Å². The molecule has 0 aromatic heterocycles. The van der Waals surface area contributed by atoms with Crippen LogP contribution in [0.25, 0.3) is 0 Å². The van der Waals surface area contributed by atoms with E-state index in [1.165, 1.54) is 19.9 Å². The highest BCUT2D eigenvalue weighted by molar-refractivity contribution is 5.29. The van der Waals surface area contributed by atoms with Crippen LogP contribution in [0.15, 0.2) is 12.1 Å². The van der Waals surface area contributed by atoms with Gasteiger partial charge in [-0.05, 0) is 32.4 Å². The molecule has 0 spiro atoms. The van der Waals surface area contributed by atoms with Gasteiger partial charge < -0.3 is 5.11 Å². The monoisotopic (exact) mass is 186 g/mol. The van der Waals surface area contributed by atoms with Crippen LogP contribution in [0.2, 0.25) is 0 Å². The summed E-state index contributed by atoms with van der Waals surface area (Å²) >= 11 is 0. The zero-order valence-corrected chi connectivity index (χ0v) is 7.86. The molecule has 0 aliphatic rings. The van der Waals surface area contributed by atoms with Crippen LogP contribution in [0.4, 0.5) is 8.78 Å². The van der Waals surface area contributed by atoms with Crippen molar-refractivity contribution >= 4 is 0 Å². The number of benzene rings is 1. The highest BCUT2D eigenvalue weighted by Gasteiger charge is 2.23. The summed E-state index contributed by atoms with van der Waals surface area (Å²) in [6.45, 7) is 4.49. The molecule has 0 radical (unpaired) electrons. The molecule has 1 aromatic rings. The molecule has 0 heterocycles. The van der Waals surface area contributed by atoms with E-state index in [4.69, 9.17) is 0 Å². The molecular formula is C10H12F2O. The summed E-state index contributed by atoms with van der Waals surface area (Å²) < 4.78 is 26.0. The highest BCUT2D eigenvalue weighted by Crippen LogP contribution is 2.25. The van der Waals surface area contributed by atoms with Crippen molar-refractivity contribution in [2.75, 3.05) is 0 Å². The van der Waals surface area contributed by atoms with Crippen molar-refractivity contribution in [3.05, 3.63) is 34.9 Å². The van der Waals surface area contributed by atoms with Crippen molar-refractivity contribution < 1.29 is 13.9 Å². The second-order valence-electron chi connectivity index (χ2n) is 3.67. The van der Waals surface area contributed by atoms with Crippen LogP contribution in [0.5, 0.6) is 0 Å². The van der Waals surface area contributed by atoms with Gasteiger partial charge in [0.2, 0.25) is 0 Å². The lowest BCUT2D eigenvalue weighted by atomic mass is 9.96. The molecule has 0 saturated heterocycles. The number of halogens is 2. The summed E-state index contributed by atoms with van der Waals surface area (Å²) in [6.07, 6.45) is 0. The first kappa shape index (κ1) is 10.1. The van der Waals surface area contributed by atoms with Gasteiger partial charge >= 0.3 is 0 Å². The summed E-state index contributed by atoms with van der Waals surface area (Å²) in [5, 5.41) is 9.51. The third kappa shape index (κ3) is 2.04. The van der Waals surface area contributed by atoms with Crippen LogP contribution >= 0.6 is 0 Å². The average Bonchev–Trinajstić information content (AvgIpc) is 1.94. The topological polar surface area (TPSA) is 20.2 Å². The number of aliphatic hydroxyl groups is 1. The van der Waals surface area contributed by atoms with Crippen molar-refractivity contribution in [1.82, 2.24) is 0 Å². The van der Waals surface area contributed by atoms with E-state index in [9.17, 15) is 13.9 Å². The van der Waals surface area contributed by atoms with E-state index in [1.54, 1.807) is 6.92 Å². The van der Waals surface area contributed by atoms with Gasteiger partial charge in [0.05, 0.1) is 5.60 Å². The molecule has 13 heavy (non-hydrogen) atoms. The largest absolute Gasteiger partial charge is 0.386 e. The van der Waals surface area contributed by atoms with E-state index in [1.807, 2.05) is 0 Å². The minimum atomic E-state index is -1.35. The standard InChI is InChI=1S/C10H12F2O/c1-6-4-7(10(2,3)13)9(12)8(11)5-6/h4-5,13H,1-3H3. The second-order valence-corrected chi connectivity index (χ2v) is 3.67. The fraction of sp³-hybridized carbons (Fsp3) is 0.400. The molecule has 0 amide bonds. The number of hydrogen-bond donors (Lipinski definition) is 1. The normalized spacial score (nSPS) is 11.8. The Kier molecular flexibility index (Phi) is 2.39. The summed E-state index contributed by atoms with van der Waals surface area (Å²) in [7, 11) is 0. The number of rotatable bonds is 1. The Balaban J connectivity index is 3.37. The third-order valence-corrected chi connectivity index (χ3v) is 1.83. The van der Waals surface area contributed by atoms with E-state index in [2.05, 4.69) is 0 Å². The van der Waals surface area contributed by atoms with E-state index in [0.29, 0.717) is 5.56 Å². The van der Waals surface area contributed by atoms with Gasteiger partial charge in [0.25, 0.3) is 0 Å². The maximum Gasteiger partial charge on any atom is 0.164 e. The zero-order chi connectivity index (χ0) is 10.2. The lowest BCUT2D eigenvalue weighted by Crippen LogP contribution is -2.18. The van der Waals surface area contributed by atoms with Gasteiger partial charge in [0.1, 0.15) is 0 Å². The number of hydrogen-bond acceptors (Lipinski definition) is 1. The molecule has 1 aromatic carbocycles. The maximum atomic E-state index is 13.1. The minimum absolute atomic E-state index is 0.00926. The van der Waals surface area contributed by atoms with Gasteiger partial charge in [-0.25, -0.2) is 8.78 Å². The van der Waals surface area contributed by atoms with Gasteiger partial charge in [-0.1, -0.05) is 6.07 Å². The molecule has 3 heteroatoms. The van der Waals surface area contributed by atoms with Crippen molar-refractivity contribution in [3.63, 3.8) is 0 Å². The molecule has 0 atom stereocenters. The first-order chi connectivity index (χ1) is 5.82. The maximum absolute atomic E-state index is 13.1. The van der Waals surface area contributed by atoms with E-state index < -0.39 is 17.2 Å². The molecule has 0 unspecified atom stereocenters. The first-order valence-corrected chi connectivity index (χ1v) is 4.01. The quantitative estimate of drug-likeness (QED) is 0.714. The first-order valence-electron chi connectivity index (χ1n) is 4.01. The molecule has 0 aliphatic heterocycles. The zero-order valence-electron chi connectivity index (χ0n) is 7.86. The van der Waals surface area contributed by atoms with Crippen molar-refractivity contribution in [3.8, 4) is 0 Å². The molecule has 0 bridgehead atoms. The van der Waals surface area contributed by atoms with Gasteiger partial charge in [0, 0.05) is 5.56 Å². The summed E-state index contributed by atoms with van der Waals surface area (Å²) in [5.74, 6) is -1.89. The molecule has 0 aliphatic carbocycles. The molecule has 0 fully saturated rings. The Hall–Kier alpha value is -0.960. The van der Waals surface area contributed by atoms with Crippen LogP contribution in [-0.2, 0) is 5.60 Å². The van der Waals surface area contributed by atoms with E-state index in [-0.39, 0.29) is 5.56 Å². The summed E-state index contributed by atoms with van der Waals surface area (Å²) in [6, 6.07) is 2.54. The summed E-state index contributed by atoms with van der Waals surface area (Å²) in [4.78, 5) is 0. The van der Waals surface area contributed by atoms with Crippen molar-refractivity contribution in [2.24, 2.45) is 0 Å². The molecule has 1 nitrogen and oxygen atoms in total. The predicted octanol–water partition coefficient (Wildman–Crippen LogP) is 2.50. The van der Waals surface area contributed by atoms with Gasteiger partial charge in [-0.3, -0.25) is 0 Å². The van der Waals surface area contributed by atoms with Crippen LogP contribution in [0.3, 0.4) is 0 Å². The van der Waals surface area contributed by atoms with Crippen LogP contribution in [-0.4, -0.2) is 5.11 Å². The predicted molar refractivity (Wildman–Crippen MR) is 46.3 cm³/mol. The molecule has 1 rings (SSSR count). The lowest BCUT2D eigenvalue weighted by Gasteiger charge is -2.19. The fourth-order valence-corrected chi connectivity index (χ4v) is 1.17. The number of aryl methyl sites for hydroxylation is 1. The smallest absolute Gasteiger partial charge is 0.164 e. The van der Waals surface area contributed by atoms with E-state index >= 15 is 0 Å². The second kappa shape index (κ2) is 3.07. The van der Waals surface area contributed by atoms with Crippen LogP contribution < -0.4 is 0 Å². The average molecular weight is 186 g/mol. The Bertz CT molecular complexity index is 326. The minimum Gasteiger partial charge on any atom is -0.386 e. The lowest BCUT2D eigenvalue weighted by molar-refractivity contribution is 0.0736. The molecular weight excluding hydrogens is 174 g/mol. The summed E-state index contributed by atoms with van der Waals surface area (Å²) in [5.41, 5.74) is -0.766. The Morgan fingerprint density at radius 1 is 1.23 bits per heavy atom. The van der Waals surface area contributed by atoms with Crippen molar-refractivity contribution in [1.29, 1.82) is 0 Å². The van der Waals surface area contributed by atoms with Crippen molar-refractivity contribution in [2.45, 2.75) is 26.4 Å². The molecule has 1 N–H and O–H groups in total. The fourth-order valence-electron chi connectivity index (χ4n) is 1.17. The Labute approximate surface area is 76.0 Å². The third-order valence-electron chi connectivity index (χ3n) is 1.83. The molecule has 72 valence electrons. The SMILES string of the molecule is Cc1cc(F)c(F)c(C(C)(C)O)c1. The van der Waals surface area contributed by atoms with Gasteiger partial charge in [0.15, 0.2) is 11.6 Å². The van der Waals surface area contributed by atoms with Gasteiger partial charge in [-0.15, -0.1) is 0 Å². The Morgan fingerprint density at radius 2 is 1.77 bits per heavy atom. The Morgan fingerprint density at radius 3 is 2.23 bits per heavy atom. The van der Waals surface area contributed by atoms with Crippen LogP contribution in [0, 0.1) is 18.6 Å². The highest BCUT2D eigenvalue weighted by atomic mass is 19.2. The van der Waals surface area contributed by atoms with Crippen LogP contribution in [0.1, 0.15) is 25.0 Å².